The highest BCUT2D eigenvalue weighted by Crippen LogP contribution is 2.35. The Morgan fingerprint density at radius 2 is 2.08 bits per heavy atom. The van der Waals surface area contributed by atoms with Crippen LogP contribution < -0.4 is 0 Å². The molecule has 0 aromatic carbocycles. The van der Waals surface area contributed by atoms with E-state index in [4.69, 9.17) is 4.74 Å². The van der Waals surface area contributed by atoms with Gasteiger partial charge in [-0.05, 0) is 33.1 Å². The third kappa shape index (κ3) is 3.05. The molecule has 1 atom stereocenters. The molecule has 1 heterocycles. The number of alkyl halides is 2. The molecule has 0 saturated carbocycles. The molecular weight excluding hydrogens is 162 g/mol. The van der Waals surface area contributed by atoms with Crippen molar-refractivity contribution in [2.45, 2.75) is 45.1 Å². The van der Waals surface area contributed by atoms with Crippen molar-refractivity contribution >= 4 is 0 Å². The number of ether oxygens (including phenoxy) is 1. The van der Waals surface area contributed by atoms with E-state index in [1.807, 2.05) is 13.8 Å². The third-order valence-electron chi connectivity index (χ3n) is 2.14. The normalized spacial score (nSPS) is 29.2. The van der Waals surface area contributed by atoms with E-state index in [9.17, 15) is 8.78 Å². The fourth-order valence-electron chi connectivity index (χ4n) is 1.79. The van der Waals surface area contributed by atoms with Crippen LogP contribution in [-0.2, 0) is 4.74 Å². The summed E-state index contributed by atoms with van der Waals surface area (Å²) in [6.07, 6.45) is 0.701. The van der Waals surface area contributed by atoms with Gasteiger partial charge < -0.3 is 4.74 Å². The molecule has 0 amide bonds. The summed E-state index contributed by atoms with van der Waals surface area (Å²) in [5.41, 5.74) is -0.198. The first kappa shape index (κ1) is 9.90. The van der Waals surface area contributed by atoms with Gasteiger partial charge in [0.05, 0.1) is 12.2 Å². The van der Waals surface area contributed by atoms with Gasteiger partial charge in [-0.2, -0.15) is 0 Å². The molecule has 1 fully saturated rings. The van der Waals surface area contributed by atoms with E-state index in [0.717, 1.165) is 13.3 Å². The van der Waals surface area contributed by atoms with Crippen molar-refractivity contribution in [3.63, 3.8) is 0 Å². The van der Waals surface area contributed by atoms with Crippen LogP contribution in [0.4, 0.5) is 8.78 Å². The highest BCUT2D eigenvalue weighted by atomic mass is 19.3. The molecule has 0 aromatic rings. The Hall–Kier alpha value is -0.180. The van der Waals surface area contributed by atoms with Crippen LogP contribution >= 0.6 is 0 Å². The summed E-state index contributed by atoms with van der Waals surface area (Å²) in [7, 11) is 0. The van der Waals surface area contributed by atoms with Crippen molar-refractivity contribution in [2.75, 3.05) is 6.61 Å². The lowest BCUT2D eigenvalue weighted by Gasteiger charge is -2.17. The second-order valence-electron chi connectivity index (χ2n) is 4.42. The van der Waals surface area contributed by atoms with E-state index in [-0.39, 0.29) is 17.9 Å². The molecule has 0 aliphatic carbocycles. The smallest absolute Gasteiger partial charge is 0.245 e. The minimum Gasteiger partial charge on any atom is -0.375 e. The number of hydrogen-bond acceptors (Lipinski definition) is 1. The van der Waals surface area contributed by atoms with Crippen LogP contribution in [0.2, 0.25) is 0 Å². The lowest BCUT2D eigenvalue weighted by atomic mass is 9.93. The van der Waals surface area contributed by atoms with Crippen molar-refractivity contribution in [1.29, 1.82) is 0 Å². The summed E-state index contributed by atoms with van der Waals surface area (Å²) in [5, 5.41) is 0. The quantitative estimate of drug-likeness (QED) is 0.631. The predicted octanol–water partition coefficient (Wildman–Crippen LogP) is 2.85. The van der Waals surface area contributed by atoms with Crippen molar-refractivity contribution in [3.8, 4) is 0 Å². The van der Waals surface area contributed by atoms with Gasteiger partial charge in [0.15, 0.2) is 0 Å². The van der Waals surface area contributed by atoms with E-state index in [0.29, 0.717) is 6.61 Å². The van der Waals surface area contributed by atoms with Gasteiger partial charge in [-0.1, -0.05) is 0 Å². The van der Waals surface area contributed by atoms with Crippen molar-refractivity contribution in [2.24, 2.45) is 5.92 Å². The Morgan fingerprint density at radius 1 is 1.50 bits per heavy atom. The largest absolute Gasteiger partial charge is 0.375 e. The SMILES string of the molecule is CC(F)(F)CC1COC(C)(C)C1. The van der Waals surface area contributed by atoms with Gasteiger partial charge >= 0.3 is 0 Å². The van der Waals surface area contributed by atoms with E-state index in [1.165, 1.54) is 0 Å². The molecule has 1 aliphatic heterocycles. The standard InChI is InChI=1S/C9H16F2O/c1-8(2)4-7(6-12-8)5-9(3,10)11/h7H,4-6H2,1-3H3. The van der Waals surface area contributed by atoms with E-state index < -0.39 is 5.92 Å². The zero-order valence-corrected chi connectivity index (χ0v) is 7.86. The third-order valence-corrected chi connectivity index (χ3v) is 2.14. The molecule has 1 aliphatic rings. The Labute approximate surface area is 72.1 Å². The molecule has 0 N–H and O–H groups in total. The Balaban J connectivity index is 2.39. The monoisotopic (exact) mass is 178 g/mol. The van der Waals surface area contributed by atoms with Crippen molar-refractivity contribution < 1.29 is 13.5 Å². The van der Waals surface area contributed by atoms with Gasteiger partial charge in [-0.15, -0.1) is 0 Å². The van der Waals surface area contributed by atoms with Crippen LogP contribution in [0.15, 0.2) is 0 Å². The minimum atomic E-state index is -2.55. The van der Waals surface area contributed by atoms with Crippen LogP contribution in [0, 0.1) is 5.92 Å². The summed E-state index contributed by atoms with van der Waals surface area (Å²) in [6.45, 7) is 5.34. The average molecular weight is 178 g/mol. The average Bonchev–Trinajstić information content (AvgIpc) is 2.05. The van der Waals surface area contributed by atoms with Crippen LogP contribution in [0.25, 0.3) is 0 Å². The molecule has 1 unspecified atom stereocenters. The van der Waals surface area contributed by atoms with Gasteiger partial charge in [0.25, 0.3) is 0 Å². The van der Waals surface area contributed by atoms with Crippen LogP contribution in [-0.4, -0.2) is 18.1 Å². The molecule has 1 rings (SSSR count). The lowest BCUT2D eigenvalue weighted by molar-refractivity contribution is -0.00689. The Morgan fingerprint density at radius 3 is 2.42 bits per heavy atom. The van der Waals surface area contributed by atoms with Crippen LogP contribution in [0.1, 0.15) is 33.6 Å². The lowest BCUT2D eigenvalue weighted by Crippen LogP contribution is -2.19. The summed E-state index contributed by atoms with van der Waals surface area (Å²) in [4.78, 5) is 0. The number of halogens is 2. The zero-order valence-electron chi connectivity index (χ0n) is 7.86. The summed E-state index contributed by atoms with van der Waals surface area (Å²) in [6, 6.07) is 0. The molecule has 12 heavy (non-hydrogen) atoms. The van der Waals surface area contributed by atoms with Crippen LogP contribution in [0.5, 0.6) is 0 Å². The van der Waals surface area contributed by atoms with Crippen LogP contribution in [0.3, 0.4) is 0 Å². The maximum Gasteiger partial charge on any atom is 0.245 e. The zero-order chi connectivity index (χ0) is 9.41. The van der Waals surface area contributed by atoms with Gasteiger partial charge in [-0.25, -0.2) is 8.78 Å². The molecule has 3 heteroatoms. The first-order chi connectivity index (χ1) is 5.29. The van der Waals surface area contributed by atoms with Crippen molar-refractivity contribution in [3.05, 3.63) is 0 Å². The highest BCUT2D eigenvalue weighted by Gasteiger charge is 2.36. The summed E-state index contributed by atoms with van der Waals surface area (Å²) in [5.74, 6) is -2.52. The number of hydrogen-bond donors (Lipinski definition) is 0. The van der Waals surface area contributed by atoms with Gasteiger partial charge in [-0.3, -0.25) is 0 Å². The topological polar surface area (TPSA) is 9.23 Å². The Bertz CT molecular complexity index is 160. The molecule has 0 radical (unpaired) electrons. The minimum absolute atomic E-state index is 0.0278. The van der Waals surface area contributed by atoms with Gasteiger partial charge in [0.1, 0.15) is 0 Å². The number of rotatable bonds is 2. The summed E-state index contributed by atoms with van der Waals surface area (Å²) < 4.78 is 30.5. The highest BCUT2D eigenvalue weighted by molar-refractivity contribution is 4.83. The van der Waals surface area contributed by atoms with Crippen molar-refractivity contribution in [1.82, 2.24) is 0 Å². The molecular formula is C9H16F2O. The maximum absolute atomic E-state index is 12.6. The van der Waals surface area contributed by atoms with E-state index in [2.05, 4.69) is 0 Å². The Kier molecular flexibility index (Phi) is 2.43. The molecule has 0 spiro atoms. The second-order valence-corrected chi connectivity index (χ2v) is 4.42. The first-order valence-corrected chi connectivity index (χ1v) is 4.30. The first-order valence-electron chi connectivity index (χ1n) is 4.30. The molecule has 1 saturated heterocycles. The fourth-order valence-corrected chi connectivity index (χ4v) is 1.79. The van der Waals surface area contributed by atoms with E-state index in [1.54, 1.807) is 0 Å². The second kappa shape index (κ2) is 2.95. The molecule has 1 nitrogen and oxygen atoms in total. The molecule has 72 valence electrons. The predicted molar refractivity (Wildman–Crippen MR) is 43.4 cm³/mol. The fraction of sp³-hybridized carbons (Fsp3) is 1.00. The molecule has 0 bridgehead atoms. The van der Waals surface area contributed by atoms with Gasteiger partial charge in [0, 0.05) is 6.42 Å². The van der Waals surface area contributed by atoms with Gasteiger partial charge in [0.2, 0.25) is 5.92 Å². The maximum atomic E-state index is 12.6. The van der Waals surface area contributed by atoms with E-state index >= 15 is 0 Å². The summed E-state index contributed by atoms with van der Waals surface area (Å²) >= 11 is 0. The molecule has 0 aromatic heterocycles.